The maximum Gasteiger partial charge on any atom is 0.125 e. The van der Waals surface area contributed by atoms with Gasteiger partial charge in [0, 0.05) is 24.8 Å². The van der Waals surface area contributed by atoms with Gasteiger partial charge < -0.3 is 4.74 Å². The predicted molar refractivity (Wildman–Crippen MR) is 119 cm³/mol. The number of rotatable bonds is 9. The zero-order valence-electron chi connectivity index (χ0n) is 17.5. The molecule has 0 saturated carbocycles. The molecule has 2 aromatic carbocycles. The van der Waals surface area contributed by atoms with E-state index in [0.717, 1.165) is 42.3 Å². The Hall–Kier alpha value is -2.98. The largest absolute Gasteiger partial charge is 0.493 e. The Morgan fingerprint density at radius 1 is 1.00 bits per heavy atom. The van der Waals surface area contributed by atoms with Gasteiger partial charge in [-0.25, -0.2) is 9.97 Å². The smallest absolute Gasteiger partial charge is 0.125 e. The monoisotopic (exact) mass is 387 g/mol. The first kappa shape index (κ1) is 20.7. The topological polar surface area (TPSA) is 38.2 Å². The SMILES string of the molecule is Cc1cccc(CN(C)C/C=C/CCOc2cccc(-c3ccnc(C)n3)c2)c1. The van der Waals surface area contributed by atoms with Crippen LogP contribution in [0.4, 0.5) is 0 Å². The van der Waals surface area contributed by atoms with Crippen molar-refractivity contribution in [3.8, 4) is 17.0 Å². The summed E-state index contributed by atoms with van der Waals surface area (Å²) in [5, 5.41) is 0. The van der Waals surface area contributed by atoms with Crippen LogP contribution in [0.1, 0.15) is 23.4 Å². The second-order valence-electron chi connectivity index (χ2n) is 7.31. The highest BCUT2D eigenvalue weighted by Gasteiger charge is 2.02. The van der Waals surface area contributed by atoms with Crippen molar-refractivity contribution in [1.82, 2.24) is 14.9 Å². The van der Waals surface area contributed by atoms with Crippen molar-refractivity contribution >= 4 is 0 Å². The van der Waals surface area contributed by atoms with Crippen LogP contribution in [-0.4, -0.2) is 35.1 Å². The lowest BCUT2D eigenvalue weighted by molar-refractivity contribution is 0.324. The summed E-state index contributed by atoms with van der Waals surface area (Å²) in [6.45, 7) is 6.57. The normalized spacial score (nSPS) is 11.3. The lowest BCUT2D eigenvalue weighted by Crippen LogP contribution is -2.17. The second-order valence-corrected chi connectivity index (χ2v) is 7.31. The summed E-state index contributed by atoms with van der Waals surface area (Å²) < 4.78 is 5.91. The van der Waals surface area contributed by atoms with Gasteiger partial charge in [-0.15, -0.1) is 0 Å². The van der Waals surface area contributed by atoms with E-state index in [-0.39, 0.29) is 0 Å². The van der Waals surface area contributed by atoms with Gasteiger partial charge >= 0.3 is 0 Å². The number of benzene rings is 2. The molecule has 0 unspecified atom stereocenters. The minimum absolute atomic E-state index is 0.657. The molecule has 3 aromatic rings. The number of likely N-dealkylation sites (N-methyl/N-ethyl adjacent to an activating group) is 1. The molecule has 4 heteroatoms. The molecule has 0 bridgehead atoms. The van der Waals surface area contributed by atoms with Crippen LogP contribution in [0.2, 0.25) is 0 Å². The molecule has 4 nitrogen and oxygen atoms in total. The number of nitrogens with zero attached hydrogens (tertiary/aromatic N) is 3. The van der Waals surface area contributed by atoms with Crippen molar-refractivity contribution < 1.29 is 4.74 Å². The van der Waals surface area contributed by atoms with Crippen LogP contribution in [-0.2, 0) is 6.54 Å². The van der Waals surface area contributed by atoms with E-state index in [1.54, 1.807) is 6.20 Å². The number of hydrogen-bond acceptors (Lipinski definition) is 4. The van der Waals surface area contributed by atoms with Crippen molar-refractivity contribution in [2.75, 3.05) is 20.2 Å². The van der Waals surface area contributed by atoms with Gasteiger partial charge in [0.1, 0.15) is 11.6 Å². The Morgan fingerprint density at radius 2 is 1.86 bits per heavy atom. The molecule has 0 amide bonds. The number of hydrogen-bond donors (Lipinski definition) is 0. The molecule has 0 spiro atoms. The third kappa shape index (κ3) is 6.84. The Balaban J connectivity index is 1.41. The van der Waals surface area contributed by atoms with E-state index in [2.05, 4.69) is 65.3 Å². The number of ether oxygens (including phenoxy) is 1. The molecule has 0 atom stereocenters. The van der Waals surface area contributed by atoms with Crippen LogP contribution in [0.15, 0.2) is 72.9 Å². The molecule has 29 heavy (non-hydrogen) atoms. The zero-order chi connectivity index (χ0) is 20.5. The molecule has 0 aliphatic rings. The fourth-order valence-electron chi connectivity index (χ4n) is 3.17. The minimum atomic E-state index is 0.657. The third-order valence-corrected chi connectivity index (χ3v) is 4.58. The summed E-state index contributed by atoms with van der Waals surface area (Å²) >= 11 is 0. The van der Waals surface area contributed by atoms with Gasteiger partial charge in [-0.3, -0.25) is 4.90 Å². The summed E-state index contributed by atoms with van der Waals surface area (Å²) in [6, 6.07) is 18.6. The standard InChI is InChI=1S/C25H29N3O/c1-20-9-7-10-22(17-20)19-28(3)15-5-4-6-16-29-24-12-8-11-23(18-24)25-13-14-26-21(2)27-25/h4-5,7-14,17-18H,6,15-16,19H2,1-3H3/b5-4+. The molecule has 0 radical (unpaired) electrons. The summed E-state index contributed by atoms with van der Waals surface area (Å²) in [4.78, 5) is 10.9. The van der Waals surface area contributed by atoms with E-state index in [1.165, 1.54) is 11.1 Å². The predicted octanol–water partition coefficient (Wildman–Crippen LogP) is 5.22. The molecule has 0 aliphatic heterocycles. The molecule has 0 fully saturated rings. The molecule has 1 aromatic heterocycles. The Morgan fingerprint density at radius 3 is 2.69 bits per heavy atom. The molecule has 0 aliphatic carbocycles. The summed E-state index contributed by atoms with van der Waals surface area (Å²) in [5.41, 5.74) is 4.62. The fraction of sp³-hybridized carbons (Fsp3) is 0.280. The molecule has 3 rings (SSSR count). The Bertz CT molecular complexity index is 952. The molecular formula is C25H29N3O. The maximum atomic E-state index is 5.91. The van der Waals surface area contributed by atoms with Crippen molar-refractivity contribution in [3.63, 3.8) is 0 Å². The third-order valence-electron chi connectivity index (χ3n) is 4.58. The molecular weight excluding hydrogens is 358 g/mol. The highest BCUT2D eigenvalue weighted by atomic mass is 16.5. The van der Waals surface area contributed by atoms with Crippen molar-refractivity contribution in [3.05, 3.63) is 89.9 Å². The van der Waals surface area contributed by atoms with Crippen LogP contribution in [0.5, 0.6) is 5.75 Å². The van der Waals surface area contributed by atoms with Crippen LogP contribution in [0.3, 0.4) is 0 Å². The van der Waals surface area contributed by atoms with E-state index in [1.807, 2.05) is 37.3 Å². The van der Waals surface area contributed by atoms with Crippen molar-refractivity contribution in [2.24, 2.45) is 0 Å². The summed E-state index contributed by atoms with van der Waals surface area (Å²) in [6.07, 6.45) is 7.06. The first-order chi connectivity index (χ1) is 14.1. The lowest BCUT2D eigenvalue weighted by Gasteiger charge is -2.14. The van der Waals surface area contributed by atoms with E-state index in [9.17, 15) is 0 Å². The van der Waals surface area contributed by atoms with Crippen molar-refractivity contribution in [1.29, 1.82) is 0 Å². The van der Waals surface area contributed by atoms with Crippen LogP contribution in [0.25, 0.3) is 11.3 Å². The van der Waals surface area contributed by atoms with E-state index >= 15 is 0 Å². The first-order valence-electron chi connectivity index (χ1n) is 10.0. The Kier molecular flexibility index (Phi) is 7.54. The first-order valence-corrected chi connectivity index (χ1v) is 10.0. The van der Waals surface area contributed by atoms with Gasteiger partial charge in [0.2, 0.25) is 0 Å². The van der Waals surface area contributed by atoms with Gasteiger partial charge in [-0.2, -0.15) is 0 Å². The van der Waals surface area contributed by atoms with Gasteiger partial charge in [0.05, 0.1) is 12.3 Å². The second kappa shape index (κ2) is 10.5. The van der Waals surface area contributed by atoms with Gasteiger partial charge in [0.25, 0.3) is 0 Å². The number of aryl methyl sites for hydroxylation is 2. The van der Waals surface area contributed by atoms with Gasteiger partial charge in [0.15, 0.2) is 0 Å². The molecule has 0 N–H and O–H groups in total. The molecule has 150 valence electrons. The molecule has 0 saturated heterocycles. The highest BCUT2D eigenvalue weighted by Crippen LogP contribution is 2.22. The lowest BCUT2D eigenvalue weighted by atomic mass is 10.1. The molecule has 1 heterocycles. The van der Waals surface area contributed by atoms with Crippen LogP contribution >= 0.6 is 0 Å². The quantitative estimate of drug-likeness (QED) is 0.373. The fourth-order valence-corrected chi connectivity index (χ4v) is 3.17. The van der Waals surface area contributed by atoms with E-state index in [0.29, 0.717) is 6.61 Å². The van der Waals surface area contributed by atoms with Crippen molar-refractivity contribution in [2.45, 2.75) is 26.8 Å². The summed E-state index contributed by atoms with van der Waals surface area (Å²) in [7, 11) is 2.14. The average molecular weight is 388 g/mol. The van der Waals surface area contributed by atoms with E-state index < -0.39 is 0 Å². The van der Waals surface area contributed by atoms with Crippen LogP contribution < -0.4 is 4.74 Å². The van der Waals surface area contributed by atoms with Gasteiger partial charge in [-0.1, -0.05) is 54.1 Å². The summed E-state index contributed by atoms with van der Waals surface area (Å²) in [5.74, 6) is 1.63. The average Bonchev–Trinajstić information content (AvgIpc) is 2.71. The van der Waals surface area contributed by atoms with Gasteiger partial charge in [-0.05, 0) is 51.1 Å². The Labute approximate surface area is 173 Å². The zero-order valence-corrected chi connectivity index (χ0v) is 17.5. The number of aromatic nitrogens is 2. The highest BCUT2D eigenvalue weighted by molar-refractivity contribution is 5.60. The minimum Gasteiger partial charge on any atom is -0.493 e. The maximum absolute atomic E-state index is 5.91. The van der Waals surface area contributed by atoms with Crippen LogP contribution in [0, 0.1) is 13.8 Å². The van der Waals surface area contributed by atoms with E-state index in [4.69, 9.17) is 4.74 Å².